The summed E-state index contributed by atoms with van der Waals surface area (Å²) in [5.74, 6) is 0.871. The van der Waals surface area contributed by atoms with Crippen LogP contribution >= 0.6 is 11.3 Å². The summed E-state index contributed by atoms with van der Waals surface area (Å²) in [6.07, 6.45) is 0.957. The van der Waals surface area contributed by atoms with E-state index in [0.717, 1.165) is 17.9 Å². The second kappa shape index (κ2) is 7.02. The van der Waals surface area contributed by atoms with Crippen LogP contribution in [-0.2, 0) is 6.42 Å². The van der Waals surface area contributed by atoms with Gasteiger partial charge in [0.15, 0.2) is 0 Å². The molecule has 1 heterocycles. The molecular weight excluding hydrogens is 304 g/mol. The molecule has 23 heavy (non-hydrogen) atoms. The minimum absolute atomic E-state index is 0.274. The summed E-state index contributed by atoms with van der Waals surface area (Å²) in [5, 5.41) is 1.32. The van der Waals surface area contributed by atoms with Crippen molar-refractivity contribution in [1.82, 2.24) is 0 Å². The van der Waals surface area contributed by atoms with Gasteiger partial charge in [-0.15, -0.1) is 11.3 Å². The summed E-state index contributed by atoms with van der Waals surface area (Å²) < 4.78 is 6.56. The van der Waals surface area contributed by atoms with Gasteiger partial charge in [0.1, 0.15) is 5.75 Å². The van der Waals surface area contributed by atoms with Crippen LogP contribution in [0.2, 0.25) is 0 Å². The van der Waals surface area contributed by atoms with E-state index in [2.05, 4.69) is 54.4 Å². The first kappa shape index (κ1) is 15.8. The number of rotatable bonds is 6. The molecule has 0 saturated carbocycles. The minimum atomic E-state index is 0.274. The van der Waals surface area contributed by atoms with Crippen molar-refractivity contribution in [3.05, 3.63) is 59.5 Å². The van der Waals surface area contributed by atoms with Gasteiger partial charge < -0.3 is 15.4 Å². The average molecular weight is 326 g/mol. The van der Waals surface area contributed by atoms with E-state index >= 15 is 0 Å². The van der Waals surface area contributed by atoms with Gasteiger partial charge in [-0.1, -0.05) is 18.2 Å². The first-order valence-electron chi connectivity index (χ1n) is 7.75. The van der Waals surface area contributed by atoms with Gasteiger partial charge in [-0.3, -0.25) is 0 Å². The lowest BCUT2D eigenvalue weighted by Crippen LogP contribution is -2.39. The number of benzene rings is 2. The molecule has 3 aromatic rings. The fourth-order valence-electron chi connectivity index (χ4n) is 2.78. The maximum atomic E-state index is 6.05. The average Bonchev–Trinajstić information content (AvgIpc) is 3.01. The Bertz CT molecular complexity index is 733. The maximum Gasteiger partial charge on any atom is 0.119 e. The van der Waals surface area contributed by atoms with Crippen molar-refractivity contribution in [2.24, 2.45) is 5.73 Å². The fourth-order valence-corrected chi connectivity index (χ4v) is 3.91. The number of nitrogens with two attached hydrogens (primary N) is 1. The third-order valence-corrected chi connectivity index (χ3v) is 5.35. The van der Waals surface area contributed by atoms with Gasteiger partial charge in [0.05, 0.1) is 7.11 Å². The number of methoxy groups -OCH3 is 1. The van der Waals surface area contributed by atoms with E-state index in [4.69, 9.17) is 10.5 Å². The van der Waals surface area contributed by atoms with Crippen LogP contribution in [0.15, 0.2) is 54.6 Å². The molecule has 0 fully saturated rings. The highest BCUT2D eigenvalue weighted by Gasteiger charge is 2.16. The summed E-state index contributed by atoms with van der Waals surface area (Å²) in [7, 11) is 3.79. The van der Waals surface area contributed by atoms with Crippen molar-refractivity contribution >= 4 is 27.1 Å². The summed E-state index contributed by atoms with van der Waals surface area (Å²) in [4.78, 5) is 3.63. The van der Waals surface area contributed by atoms with Crippen LogP contribution in [0.4, 0.5) is 5.69 Å². The molecule has 4 heteroatoms. The number of likely N-dealkylation sites (N-methyl/N-ethyl adjacent to an activating group) is 1. The summed E-state index contributed by atoms with van der Waals surface area (Å²) in [6.45, 7) is 0.622. The smallest absolute Gasteiger partial charge is 0.119 e. The van der Waals surface area contributed by atoms with Gasteiger partial charge >= 0.3 is 0 Å². The molecule has 0 saturated heterocycles. The standard InChI is InChI=1S/C19H22N2OS/c1-21(15-7-9-17(22-2)10-8-15)16(13-20)12-18-11-14-5-3-4-6-19(14)23-18/h3-11,16H,12-13,20H2,1-2H3. The van der Waals surface area contributed by atoms with Gasteiger partial charge in [0, 0.05) is 41.3 Å². The molecule has 0 amide bonds. The molecule has 0 spiro atoms. The molecule has 3 nitrogen and oxygen atoms in total. The second-order valence-corrected chi connectivity index (χ2v) is 6.82. The Hall–Kier alpha value is -2.04. The van der Waals surface area contributed by atoms with Crippen molar-refractivity contribution < 1.29 is 4.74 Å². The molecule has 1 unspecified atom stereocenters. The number of anilines is 1. The zero-order chi connectivity index (χ0) is 16.2. The molecule has 3 rings (SSSR count). The Morgan fingerprint density at radius 1 is 1.13 bits per heavy atom. The Morgan fingerprint density at radius 2 is 1.87 bits per heavy atom. The lowest BCUT2D eigenvalue weighted by atomic mass is 10.1. The molecule has 0 radical (unpaired) electrons. The maximum absolute atomic E-state index is 6.05. The third-order valence-electron chi connectivity index (χ3n) is 4.21. The quantitative estimate of drug-likeness (QED) is 0.746. The van der Waals surface area contributed by atoms with E-state index in [0.29, 0.717) is 6.54 Å². The van der Waals surface area contributed by atoms with Crippen molar-refractivity contribution in [2.75, 3.05) is 25.6 Å². The molecule has 0 aliphatic rings. The normalized spacial score (nSPS) is 12.3. The van der Waals surface area contributed by atoms with E-state index in [1.54, 1.807) is 7.11 Å². The third kappa shape index (κ3) is 3.49. The zero-order valence-electron chi connectivity index (χ0n) is 13.5. The van der Waals surface area contributed by atoms with Gasteiger partial charge in [0.2, 0.25) is 0 Å². The molecule has 2 N–H and O–H groups in total. The highest BCUT2D eigenvalue weighted by molar-refractivity contribution is 7.19. The van der Waals surface area contributed by atoms with Crippen LogP contribution in [0.25, 0.3) is 10.1 Å². The zero-order valence-corrected chi connectivity index (χ0v) is 14.3. The molecule has 0 bridgehead atoms. The molecule has 0 aliphatic carbocycles. The van der Waals surface area contributed by atoms with Crippen molar-refractivity contribution in [3.8, 4) is 5.75 Å². The van der Waals surface area contributed by atoms with Gasteiger partial charge in [-0.05, 0) is 41.8 Å². The van der Waals surface area contributed by atoms with E-state index in [9.17, 15) is 0 Å². The molecule has 1 aromatic heterocycles. The van der Waals surface area contributed by atoms with Crippen molar-refractivity contribution in [3.63, 3.8) is 0 Å². The number of ether oxygens (including phenoxy) is 1. The number of thiophene rings is 1. The fraction of sp³-hybridized carbons (Fsp3) is 0.263. The summed E-state index contributed by atoms with van der Waals surface area (Å²) in [5.41, 5.74) is 7.20. The van der Waals surface area contributed by atoms with Gasteiger partial charge in [0.25, 0.3) is 0 Å². The van der Waals surface area contributed by atoms with Crippen molar-refractivity contribution in [1.29, 1.82) is 0 Å². The Balaban J connectivity index is 1.77. The minimum Gasteiger partial charge on any atom is -0.497 e. The highest BCUT2D eigenvalue weighted by Crippen LogP contribution is 2.28. The summed E-state index contributed by atoms with van der Waals surface area (Å²) in [6, 6.07) is 19.2. The topological polar surface area (TPSA) is 38.5 Å². The van der Waals surface area contributed by atoms with Crippen LogP contribution in [0, 0.1) is 0 Å². The van der Waals surface area contributed by atoms with Crippen LogP contribution in [0.5, 0.6) is 5.75 Å². The van der Waals surface area contributed by atoms with E-state index in [1.165, 1.54) is 15.0 Å². The van der Waals surface area contributed by atoms with Crippen LogP contribution in [0.1, 0.15) is 4.88 Å². The summed E-state index contributed by atoms with van der Waals surface area (Å²) >= 11 is 1.86. The van der Waals surface area contributed by atoms with E-state index in [1.807, 2.05) is 23.5 Å². The SMILES string of the molecule is COc1ccc(N(C)C(CN)Cc2cc3ccccc3s2)cc1. The molecule has 2 aromatic carbocycles. The van der Waals surface area contributed by atoms with Gasteiger partial charge in [-0.2, -0.15) is 0 Å². The Labute approximate surface area is 141 Å². The predicted molar refractivity (Wildman–Crippen MR) is 99.8 cm³/mol. The first-order valence-corrected chi connectivity index (χ1v) is 8.57. The lowest BCUT2D eigenvalue weighted by molar-refractivity contribution is 0.415. The number of nitrogens with zero attached hydrogens (tertiary/aromatic N) is 1. The number of hydrogen-bond acceptors (Lipinski definition) is 4. The monoisotopic (exact) mass is 326 g/mol. The molecular formula is C19H22N2OS. The number of hydrogen-bond donors (Lipinski definition) is 1. The molecule has 120 valence electrons. The highest BCUT2D eigenvalue weighted by atomic mass is 32.1. The Morgan fingerprint density at radius 3 is 2.52 bits per heavy atom. The first-order chi connectivity index (χ1) is 11.2. The lowest BCUT2D eigenvalue weighted by Gasteiger charge is -2.29. The van der Waals surface area contributed by atoms with Crippen molar-refractivity contribution in [2.45, 2.75) is 12.5 Å². The van der Waals surface area contributed by atoms with Crippen LogP contribution in [0.3, 0.4) is 0 Å². The van der Waals surface area contributed by atoms with Crippen LogP contribution in [-0.4, -0.2) is 26.7 Å². The van der Waals surface area contributed by atoms with E-state index < -0.39 is 0 Å². The largest absolute Gasteiger partial charge is 0.497 e. The second-order valence-electron chi connectivity index (χ2n) is 5.65. The predicted octanol–water partition coefficient (Wildman–Crippen LogP) is 3.92. The van der Waals surface area contributed by atoms with Gasteiger partial charge in [-0.25, -0.2) is 0 Å². The van der Waals surface area contributed by atoms with E-state index in [-0.39, 0.29) is 6.04 Å². The molecule has 0 aliphatic heterocycles. The molecule has 1 atom stereocenters. The number of fused-ring (bicyclic) bond motifs is 1. The van der Waals surface area contributed by atoms with Crippen LogP contribution < -0.4 is 15.4 Å². The Kier molecular flexibility index (Phi) is 4.84.